The maximum atomic E-state index is 13.2. The quantitative estimate of drug-likeness (QED) is 0.231. The van der Waals surface area contributed by atoms with E-state index < -0.39 is 11.9 Å². The second-order valence-electron chi connectivity index (χ2n) is 10.6. The molecule has 2 amide bonds. The van der Waals surface area contributed by atoms with Gasteiger partial charge < -0.3 is 24.6 Å². The largest absolute Gasteiger partial charge is 0.481 e. The van der Waals surface area contributed by atoms with Crippen molar-refractivity contribution in [2.45, 2.75) is 12.3 Å². The Morgan fingerprint density at radius 3 is 2.64 bits per heavy atom. The van der Waals surface area contributed by atoms with Gasteiger partial charge in [0.05, 0.1) is 28.8 Å². The Morgan fingerprint density at radius 1 is 1.09 bits per heavy atom. The highest BCUT2D eigenvalue weighted by Crippen LogP contribution is 2.35. The molecule has 0 spiro atoms. The molecule has 1 fully saturated rings. The van der Waals surface area contributed by atoms with Crippen molar-refractivity contribution in [3.63, 3.8) is 0 Å². The molecule has 3 heterocycles. The van der Waals surface area contributed by atoms with Gasteiger partial charge in [-0.2, -0.15) is 10.2 Å². The van der Waals surface area contributed by atoms with E-state index in [9.17, 15) is 19.5 Å². The number of benzene rings is 3. The normalized spacial score (nSPS) is 16.0. The topological polar surface area (TPSA) is 140 Å². The Kier molecular flexibility index (Phi) is 7.83. The zero-order valence-electron chi connectivity index (χ0n) is 23.6. The molecule has 1 saturated heterocycles. The zero-order chi connectivity index (χ0) is 30.8. The van der Waals surface area contributed by atoms with Crippen LogP contribution in [-0.4, -0.2) is 52.9 Å². The molecule has 2 N–H and O–H groups in total. The van der Waals surface area contributed by atoms with E-state index in [4.69, 9.17) is 9.68 Å². The fourth-order valence-electron chi connectivity index (χ4n) is 5.42. The first-order valence-corrected chi connectivity index (χ1v) is 14.8. The van der Waals surface area contributed by atoms with Crippen molar-refractivity contribution < 1.29 is 23.9 Å². The number of thiophene rings is 1. The van der Waals surface area contributed by atoms with E-state index >= 15 is 0 Å². The van der Waals surface area contributed by atoms with Gasteiger partial charge in [0, 0.05) is 37.4 Å². The third-order valence-corrected chi connectivity index (χ3v) is 8.65. The molecular formula is C33H27N5O5S. The fourth-order valence-corrected chi connectivity index (χ4v) is 6.11. The number of oxazole rings is 1. The summed E-state index contributed by atoms with van der Waals surface area (Å²) in [6.07, 6.45) is 0.130. The first kappa shape index (κ1) is 28.6. The van der Waals surface area contributed by atoms with Crippen LogP contribution >= 0.6 is 11.3 Å². The zero-order valence-corrected chi connectivity index (χ0v) is 24.5. The van der Waals surface area contributed by atoms with Crippen molar-refractivity contribution in [3.05, 3.63) is 106 Å². The number of aliphatic carboxylic acids is 1. The van der Waals surface area contributed by atoms with E-state index in [1.54, 1.807) is 71.4 Å². The highest BCUT2D eigenvalue weighted by atomic mass is 32.1. The Morgan fingerprint density at radius 2 is 1.91 bits per heavy atom. The van der Waals surface area contributed by atoms with Crippen LogP contribution in [-0.2, 0) is 16.0 Å². The number of carboxylic acid groups (broad SMARTS) is 1. The van der Waals surface area contributed by atoms with Gasteiger partial charge in [-0.15, -0.1) is 11.3 Å². The number of carbonyl (C=O) groups is 3. The maximum Gasteiger partial charge on any atom is 0.308 e. The van der Waals surface area contributed by atoms with Crippen molar-refractivity contribution in [1.29, 1.82) is 5.26 Å². The van der Waals surface area contributed by atoms with Crippen molar-refractivity contribution in [3.8, 4) is 6.07 Å². The van der Waals surface area contributed by atoms with Gasteiger partial charge in [0.25, 0.3) is 11.9 Å². The molecule has 1 aliphatic heterocycles. The standard InChI is InChI=1S/C33H27N5O5S/c1-37(24-10-8-22(9-11-24)25-18-38(19-26(25)32(41)42)31(40)29-6-3-13-44-29)30(39)16-20-7-12-27-28(15-20)43-33(36-27)35-23-5-2-4-21(14-23)17-34/h2-15,25-26H,16,18-19H2,1H3,(H,35,36)(H,41,42). The highest BCUT2D eigenvalue weighted by Gasteiger charge is 2.40. The molecule has 0 saturated carbocycles. The smallest absolute Gasteiger partial charge is 0.308 e. The second-order valence-corrected chi connectivity index (χ2v) is 11.5. The minimum absolute atomic E-state index is 0.130. The number of likely N-dealkylation sites (tertiary alicyclic amines) is 1. The number of carboxylic acids is 1. The molecular weight excluding hydrogens is 578 g/mol. The maximum absolute atomic E-state index is 13.2. The van der Waals surface area contributed by atoms with Gasteiger partial charge in [-0.05, 0) is 65.0 Å². The predicted octanol–water partition coefficient (Wildman–Crippen LogP) is 5.65. The van der Waals surface area contributed by atoms with Gasteiger partial charge in [-0.3, -0.25) is 14.4 Å². The molecule has 0 bridgehead atoms. The molecule has 5 aromatic rings. The number of carbonyl (C=O) groups excluding carboxylic acids is 2. The molecule has 220 valence electrons. The van der Waals surface area contributed by atoms with Crippen LogP contribution in [0.2, 0.25) is 0 Å². The van der Waals surface area contributed by atoms with Gasteiger partial charge >= 0.3 is 5.97 Å². The molecule has 3 aromatic carbocycles. The molecule has 0 radical (unpaired) electrons. The monoisotopic (exact) mass is 605 g/mol. The van der Waals surface area contributed by atoms with Crippen LogP contribution < -0.4 is 10.2 Å². The summed E-state index contributed by atoms with van der Waals surface area (Å²) in [5.74, 6) is -2.30. The van der Waals surface area contributed by atoms with Gasteiger partial charge in [-0.1, -0.05) is 30.3 Å². The molecule has 44 heavy (non-hydrogen) atoms. The fraction of sp³-hybridized carbons (Fsp3) is 0.182. The highest BCUT2D eigenvalue weighted by molar-refractivity contribution is 7.12. The minimum atomic E-state index is -0.937. The summed E-state index contributed by atoms with van der Waals surface area (Å²) in [4.78, 5) is 46.3. The van der Waals surface area contributed by atoms with E-state index in [1.807, 2.05) is 29.6 Å². The van der Waals surface area contributed by atoms with Crippen LogP contribution in [0.25, 0.3) is 11.1 Å². The lowest BCUT2D eigenvalue weighted by molar-refractivity contribution is -0.141. The van der Waals surface area contributed by atoms with Crippen LogP contribution in [0.3, 0.4) is 0 Å². The van der Waals surface area contributed by atoms with E-state index in [0.29, 0.717) is 39.5 Å². The first-order valence-electron chi connectivity index (χ1n) is 13.9. The number of amides is 2. The molecule has 2 atom stereocenters. The number of rotatable bonds is 8. The molecule has 2 aromatic heterocycles. The van der Waals surface area contributed by atoms with Crippen molar-refractivity contribution >= 4 is 57.6 Å². The average Bonchev–Trinajstić information content (AvgIpc) is 3.80. The van der Waals surface area contributed by atoms with Gasteiger partial charge in [0.1, 0.15) is 5.52 Å². The third-order valence-electron chi connectivity index (χ3n) is 7.79. The molecule has 11 heteroatoms. The van der Waals surface area contributed by atoms with Crippen LogP contribution in [0.1, 0.15) is 32.3 Å². The number of likely N-dealkylation sites (N-methyl/N-ethyl adjacent to an activating group) is 1. The Hall–Kier alpha value is -5.47. The predicted molar refractivity (Wildman–Crippen MR) is 166 cm³/mol. The summed E-state index contributed by atoms with van der Waals surface area (Å²) in [7, 11) is 1.69. The summed E-state index contributed by atoms with van der Waals surface area (Å²) in [6.45, 7) is 0.466. The lowest BCUT2D eigenvalue weighted by Gasteiger charge is -2.20. The third kappa shape index (κ3) is 5.88. The van der Waals surface area contributed by atoms with Crippen LogP contribution in [0.4, 0.5) is 17.4 Å². The van der Waals surface area contributed by atoms with E-state index in [-0.39, 0.29) is 36.7 Å². The van der Waals surface area contributed by atoms with Crippen LogP contribution in [0, 0.1) is 17.2 Å². The molecule has 1 aliphatic rings. The number of nitrogens with zero attached hydrogens (tertiary/aromatic N) is 4. The first-order chi connectivity index (χ1) is 21.3. The van der Waals surface area contributed by atoms with Crippen molar-refractivity contribution in [1.82, 2.24) is 9.88 Å². The number of anilines is 3. The number of hydrogen-bond donors (Lipinski definition) is 2. The lowest BCUT2D eigenvalue weighted by atomic mass is 9.89. The van der Waals surface area contributed by atoms with Crippen molar-refractivity contribution in [2.24, 2.45) is 5.92 Å². The second kappa shape index (κ2) is 12.0. The SMILES string of the molecule is CN(C(=O)Cc1ccc2nc(Nc3cccc(C#N)c3)oc2c1)c1ccc(C2CN(C(=O)c3cccs3)CC2C(=O)O)cc1. The summed E-state index contributed by atoms with van der Waals surface area (Å²) in [5.41, 5.74) is 4.58. The van der Waals surface area contributed by atoms with E-state index in [2.05, 4.69) is 16.4 Å². The molecule has 10 nitrogen and oxygen atoms in total. The summed E-state index contributed by atoms with van der Waals surface area (Å²) < 4.78 is 5.85. The number of nitriles is 1. The van der Waals surface area contributed by atoms with Gasteiger partial charge in [0.15, 0.2) is 5.58 Å². The Bertz CT molecular complexity index is 1890. The lowest BCUT2D eigenvalue weighted by Crippen LogP contribution is -2.29. The summed E-state index contributed by atoms with van der Waals surface area (Å²) in [6, 6.07) is 25.6. The average molecular weight is 606 g/mol. The molecule has 0 aliphatic carbocycles. The number of hydrogen-bond acceptors (Lipinski definition) is 8. The number of nitrogens with one attached hydrogen (secondary N) is 1. The van der Waals surface area contributed by atoms with E-state index in [0.717, 1.165) is 11.1 Å². The number of aromatic nitrogens is 1. The van der Waals surface area contributed by atoms with Crippen molar-refractivity contribution in [2.75, 3.05) is 30.4 Å². The Labute approximate surface area is 256 Å². The molecule has 2 unspecified atom stereocenters. The summed E-state index contributed by atoms with van der Waals surface area (Å²) in [5, 5.41) is 23.9. The Balaban J connectivity index is 1.11. The number of fused-ring (bicyclic) bond motifs is 1. The minimum Gasteiger partial charge on any atom is -0.481 e. The van der Waals surface area contributed by atoms with E-state index in [1.165, 1.54) is 11.3 Å². The van der Waals surface area contributed by atoms with Gasteiger partial charge in [0.2, 0.25) is 5.91 Å². The van der Waals surface area contributed by atoms with Crippen LogP contribution in [0.15, 0.2) is 88.7 Å². The molecule has 6 rings (SSSR count). The summed E-state index contributed by atoms with van der Waals surface area (Å²) >= 11 is 1.34. The van der Waals surface area contributed by atoms with Gasteiger partial charge in [-0.25, -0.2) is 0 Å². The van der Waals surface area contributed by atoms with Crippen LogP contribution in [0.5, 0.6) is 0 Å².